The van der Waals surface area contributed by atoms with E-state index in [4.69, 9.17) is 23.2 Å². The number of aromatic nitrogens is 2. The summed E-state index contributed by atoms with van der Waals surface area (Å²) in [5.41, 5.74) is 1.59. The second kappa shape index (κ2) is 8.13. The topological polar surface area (TPSA) is 78.2 Å². The lowest BCUT2D eigenvalue weighted by atomic mass is 9.91. The van der Waals surface area contributed by atoms with Crippen molar-refractivity contribution in [2.75, 3.05) is 19.6 Å². The van der Waals surface area contributed by atoms with E-state index in [1.807, 2.05) is 11.8 Å². The first-order valence-electron chi connectivity index (χ1n) is 10.0. The van der Waals surface area contributed by atoms with Crippen LogP contribution in [0.3, 0.4) is 0 Å². The molecule has 29 heavy (non-hydrogen) atoms. The van der Waals surface area contributed by atoms with Gasteiger partial charge in [0.15, 0.2) is 5.69 Å². The first-order valence-corrected chi connectivity index (χ1v) is 10.8. The lowest BCUT2D eigenvalue weighted by Gasteiger charge is -2.41. The molecule has 2 amide bonds. The number of hydrogen-bond donors (Lipinski definition) is 1. The number of halogens is 2. The van der Waals surface area contributed by atoms with Gasteiger partial charge in [-0.3, -0.25) is 9.59 Å². The molecule has 2 fully saturated rings. The molecule has 1 N–H and O–H groups in total. The number of carbonyl (C=O) groups is 2. The quantitative estimate of drug-likeness (QED) is 0.798. The summed E-state index contributed by atoms with van der Waals surface area (Å²) in [4.78, 5) is 29.2. The lowest BCUT2D eigenvalue weighted by Crippen LogP contribution is -2.56. The fraction of sp³-hybridized carbons (Fsp3) is 0.550. The minimum atomic E-state index is -0.344. The molecule has 0 radical (unpaired) electrons. The fourth-order valence-electron chi connectivity index (χ4n) is 4.30. The first kappa shape index (κ1) is 20.4. The number of aliphatic hydroxyl groups excluding tert-OH is 1. The number of rotatable bonds is 3. The minimum absolute atomic E-state index is 0.0173. The van der Waals surface area contributed by atoms with Crippen LogP contribution in [-0.2, 0) is 11.2 Å². The third-order valence-electron chi connectivity index (χ3n) is 5.93. The molecule has 0 unspecified atom stereocenters. The molecular formula is C20H24Cl2N4O3. The van der Waals surface area contributed by atoms with Gasteiger partial charge in [0.1, 0.15) is 6.54 Å². The summed E-state index contributed by atoms with van der Waals surface area (Å²) >= 11 is 12.6. The Balaban J connectivity index is 1.52. The summed E-state index contributed by atoms with van der Waals surface area (Å²) < 4.78 is 1.65. The molecule has 3 heterocycles. The molecule has 0 atom stereocenters. The van der Waals surface area contributed by atoms with Crippen molar-refractivity contribution in [1.29, 1.82) is 0 Å². The number of aliphatic hydroxyl groups is 1. The van der Waals surface area contributed by atoms with Crippen molar-refractivity contribution in [3.8, 4) is 0 Å². The number of carbonyl (C=O) groups excluding carboxylic acids is 2. The number of nitrogens with zero attached hydrogens (tertiary/aromatic N) is 4. The highest BCUT2D eigenvalue weighted by Gasteiger charge is 2.35. The van der Waals surface area contributed by atoms with Gasteiger partial charge in [-0.1, -0.05) is 30.1 Å². The predicted octanol–water partition coefficient (Wildman–Crippen LogP) is 2.79. The summed E-state index contributed by atoms with van der Waals surface area (Å²) in [6.45, 7) is 2.92. The Kier molecular flexibility index (Phi) is 5.73. The zero-order valence-corrected chi connectivity index (χ0v) is 17.8. The van der Waals surface area contributed by atoms with E-state index in [9.17, 15) is 14.7 Å². The third kappa shape index (κ3) is 3.83. The highest BCUT2D eigenvalue weighted by Crippen LogP contribution is 2.29. The van der Waals surface area contributed by atoms with Crippen LogP contribution in [0.2, 0.25) is 10.0 Å². The molecule has 1 aliphatic carbocycles. The molecular weight excluding hydrogens is 415 g/mol. The molecule has 7 nitrogen and oxygen atoms in total. The standard InChI is InChI=1S/C20H24Cl2N4O3/c1-2-13-9-12(21)10-16-18(22)19(23-26(13)16)20(29)24-7-8-25(17(28)11-24)14-3-5-15(27)6-4-14/h9-10,14-15,27H,2-8,11H2,1H3. The number of fused-ring (bicyclic) bond motifs is 1. The Morgan fingerprint density at radius 2 is 1.93 bits per heavy atom. The highest BCUT2D eigenvalue weighted by atomic mass is 35.5. The van der Waals surface area contributed by atoms with Crippen molar-refractivity contribution in [3.05, 3.63) is 33.6 Å². The SMILES string of the molecule is CCc1cc(Cl)cc2c(Cl)c(C(=O)N3CCN(C4CCC(O)CC4)C(=O)C3)nn12. The summed E-state index contributed by atoms with van der Waals surface area (Å²) in [6, 6.07) is 3.64. The van der Waals surface area contributed by atoms with E-state index in [2.05, 4.69) is 5.10 Å². The average Bonchev–Trinajstić information content (AvgIpc) is 3.04. The largest absolute Gasteiger partial charge is 0.393 e. The van der Waals surface area contributed by atoms with Crippen LogP contribution in [0.1, 0.15) is 48.8 Å². The molecule has 156 valence electrons. The van der Waals surface area contributed by atoms with Gasteiger partial charge in [0.25, 0.3) is 5.91 Å². The first-order chi connectivity index (χ1) is 13.9. The lowest BCUT2D eigenvalue weighted by molar-refractivity contribution is -0.138. The second-order valence-electron chi connectivity index (χ2n) is 7.75. The van der Waals surface area contributed by atoms with Gasteiger partial charge >= 0.3 is 0 Å². The monoisotopic (exact) mass is 438 g/mol. The maximum Gasteiger partial charge on any atom is 0.276 e. The number of piperazine rings is 1. The normalized spacial score (nSPS) is 23.1. The van der Waals surface area contributed by atoms with Crippen molar-refractivity contribution in [1.82, 2.24) is 19.4 Å². The van der Waals surface area contributed by atoms with Crippen LogP contribution in [0.5, 0.6) is 0 Å². The van der Waals surface area contributed by atoms with Crippen LogP contribution < -0.4 is 0 Å². The number of hydrogen-bond acceptors (Lipinski definition) is 4. The van der Waals surface area contributed by atoms with E-state index in [0.717, 1.165) is 31.4 Å². The average molecular weight is 439 g/mol. The Hall–Kier alpha value is -1.83. The van der Waals surface area contributed by atoms with Crippen LogP contribution in [0, 0.1) is 0 Å². The zero-order chi connectivity index (χ0) is 20.7. The van der Waals surface area contributed by atoms with Gasteiger partial charge in [-0.05, 0) is 44.2 Å². The minimum Gasteiger partial charge on any atom is -0.393 e. The molecule has 1 saturated carbocycles. The van der Waals surface area contributed by atoms with E-state index in [-0.39, 0.29) is 41.2 Å². The maximum atomic E-state index is 13.1. The fourth-order valence-corrected chi connectivity index (χ4v) is 4.78. The molecule has 0 aromatic carbocycles. The summed E-state index contributed by atoms with van der Waals surface area (Å²) in [5, 5.41) is 14.9. The Labute approximate surface area is 179 Å². The molecule has 4 rings (SSSR count). The Morgan fingerprint density at radius 3 is 2.59 bits per heavy atom. The van der Waals surface area contributed by atoms with Crippen molar-refractivity contribution >= 4 is 40.5 Å². The molecule has 2 aromatic heterocycles. The van der Waals surface area contributed by atoms with Crippen LogP contribution in [0.4, 0.5) is 0 Å². The van der Waals surface area contributed by atoms with Crippen molar-refractivity contribution in [3.63, 3.8) is 0 Å². The van der Waals surface area contributed by atoms with Crippen LogP contribution in [0.15, 0.2) is 12.1 Å². The van der Waals surface area contributed by atoms with E-state index in [0.29, 0.717) is 30.0 Å². The number of amides is 2. The summed E-state index contributed by atoms with van der Waals surface area (Å²) in [6.07, 6.45) is 3.48. The van der Waals surface area contributed by atoms with Gasteiger partial charge in [0, 0.05) is 29.8 Å². The van der Waals surface area contributed by atoms with E-state index in [1.54, 1.807) is 16.6 Å². The van der Waals surface area contributed by atoms with Crippen molar-refractivity contribution in [2.45, 2.75) is 51.2 Å². The highest BCUT2D eigenvalue weighted by molar-refractivity contribution is 6.37. The Morgan fingerprint density at radius 1 is 1.21 bits per heavy atom. The van der Waals surface area contributed by atoms with Crippen LogP contribution in [-0.4, -0.2) is 68.1 Å². The molecule has 9 heteroatoms. The molecule has 1 saturated heterocycles. The van der Waals surface area contributed by atoms with Gasteiger partial charge in [0.05, 0.1) is 16.6 Å². The van der Waals surface area contributed by atoms with Crippen molar-refractivity contribution in [2.24, 2.45) is 0 Å². The Bertz CT molecular complexity index is 953. The molecule has 0 spiro atoms. The molecule has 2 aromatic rings. The van der Waals surface area contributed by atoms with Crippen LogP contribution in [0.25, 0.3) is 5.52 Å². The van der Waals surface area contributed by atoms with E-state index in [1.165, 1.54) is 4.90 Å². The van der Waals surface area contributed by atoms with Gasteiger partial charge in [-0.2, -0.15) is 5.10 Å². The van der Waals surface area contributed by atoms with Gasteiger partial charge in [-0.15, -0.1) is 0 Å². The number of aryl methyl sites for hydroxylation is 1. The maximum absolute atomic E-state index is 13.1. The van der Waals surface area contributed by atoms with Gasteiger partial charge in [0.2, 0.25) is 5.91 Å². The van der Waals surface area contributed by atoms with Gasteiger partial charge < -0.3 is 14.9 Å². The predicted molar refractivity (Wildman–Crippen MR) is 110 cm³/mol. The molecule has 0 bridgehead atoms. The van der Waals surface area contributed by atoms with Crippen LogP contribution >= 0.6 is 23.2 Å². The number of pyridine rings is 1. The smallest absolute Gasteiger partial charge is 0.276 e. The zero-order valence-electron chi connectivity index (χ0n) is 16.3. The van der Waals surface area contributed by atoms with E-state index < -0.39 is 0 Å². The second-order valence-corrected chi connectivity index (χ2v) is 8.57. The summed E-state index contributed by atoms with van der Waals surface area (Å²) in [7, 11) is 0. The van der Waals surface area contributed by atoms with Crippen molar-refractivity contribution < 1.29 is 14.7 Å². The summed E-state index contributed by atoms with van der Waals surface area (Å²) in [5.74, 6) is -0.410. The molecule has 1 aliphatic heterocycles. The third-order valence-corrected chi connectivity index (χ3v) is 6.52. The molecule has 2 aliphatic rings. The van der Waals surface area contributed by atoms with Gasteiger partial charge in [-0.25, -0.2) is 4.52 Å². The van der Waals surface area contributed by atoms with E-state index >= 15 is 0 Å².